The van der Waals surface area contributed by atoms with Gasteiger partial charge in [0.1, 0.15) is 0 Å². The van der Waals surface area contributed by atoms with Gasteiger partial charge in [0.05, 0.1) is 0 Å². The summed E-state index contributed by atoms with van der Waals surface area (Å²) >= 11 is 0. The molecule has 3 aliphatic rings. The largest absolute Gasteiger partial charge is 0.306 e. The topological polar surface area (TPSA) is 15.3 Å². The average molecular weight is 335 g/mol. The van der Waals surface area contributed by atoms with Gasteiger partial charge in [-0.3, -0.25) is 0 Å². The quantitative estimate of drug-likeness (QED) is 0.868. The Bertz CT molecular complexity index is 486. The van der Waals surface area contributed by atoms with Gasteiger partial charge >= 0.3 is 0 Å². The van der Waals surface area contributed by atoms with Crippen LogP contribution in [0.4, 0.5) is 0 Å². The monoisotopic (exact) mass is 334 g/mol. The summed E-state index contributed by atoms with van der Waals surface area (Å²) in [6.07, 6.45) is 9.93. The molecule has 2 aliphatic carbocycles. The van der Waals surface area contributed by atoms with E-state index in [1.54, 1.807) is 5.56 Å². The maximum Gasteiger partial charge on any atom is 0.0466 e. The Morgan fingerprint density at radius 3 is 2.48 bits per heavy atom. The van der Waals surface area contributed by atoms with E-state index in [2.05, 4.69) is 40.5 Å². The van der Waals surface area contributed by atoms with Gasteiger partial charge in [0.2, 0.25) is 0 Å². The molecule has 23 heavy (non-hydrogen) atoms. The molecule has 0 aromatic heterocycles. The van der Waals surface area contributed by atoms with Crippen LogP contribution >= 0.6 is 12.4 Å². The fraction of sp³-hybridized carbons (Fsp3) is 0.700. The first-order valence-corrected chi connectivity index (χ1v) is 9.40. The SMILES string of the molecule is Cl.c1ccc([C@]2(NCCN3CCCCC3)C[C@H]3CC[C@@H]2C3)cc1. The van der Waals surface area contributed by atoms with Crippen LogP contribution in [0, 0.1) is 11.8 Å². The Morgan fingerprint density at radius 2 is 1.83 bits per heavy atom. The zero-order valence-electron chi connectivity index (χ0n) is 14.2. The van der Waals surface area contributed by atoms with Crippen LogP contribution in [-0.4, -0.2) is 31.1 Å². The second-order valence-corrected chi connectivity index (χ2v) is 7.75. The van der Waals surface area contributed by atoms with Crippen molar-refractivity contribution in [2.75, 3.05) is 26.2 Å². The smallest absolute Gasteiger partial charge is 0.0466 e. The van der Waals surface area contributed by atoms with Gasteiger partial charge in [-0.15, -0.1) is 12.4 Å². The molecule has 1 aromatic carbocycles. The van der Waals surface area contributed by atoms with Gasteiger partial charge in [0.15, 0.2) is 0 Å². The fourth-order valence-electron chi connectivity index (χ4n) is 5.36. The molecule has 3 atom stereocenters. The number of fused-ring (bicyclic) bond motifs is 2. The summed E-state index contributed by atoms with van der Waals surface area (Å²) in [7, 11) is 0. The minimum absolute atomic E-state index is 0. The summed E-state index contributed by atoms with van der Waals surface area (Å²) in [6, 6.07) is 11.3. The van der Waals surface area contributed by atoms with E-state index >= 15 is 0 Å². The molecule has 1 N–H and O–H groups in total. The molecule has 128 valence electrons. The highest BCUT2D eigenvalue weighted by Crippen LogP contribution is 2.55. The van der Waals surface area contributed by atoms with Crippen LogP contribution in [0.2, 0.25) is 0 Å². The Balaban J connectivity index is 0.00000156. The molecule has 0 amide bonds. The van der Waals surface area contributed by atoms with Crippen molar-refractivity contribution >= 4 is 12.4 Å². The van der Waals surface area contributed by atoms with Crippen molar-refractivity contribution in [3.8, 4) is 0 Å². The summed E-state index contributed by atoms with van der Waals surface area (Å²) in [5.74, 6) is 1.83. The summed E-state index contributed by atoms with van der Waals surface area (Å²) in [6.45, 7) is 5.00. The molecule has 4 rings (SSSR count). The maximum atomic E-state index is 4.05. The molecule has 2 saturated carbocycles. The minimum Gasteiger partial charge on any atom is -0.306 e. The van der Waals surface area contributed by atoms with Crippen LogP contribution < -0.4 is 5.32 Å². The second kappa shape index (κ2) is 7.55. The molecule has 0 radical (unpaired) electrons. The van der Waals surface area contributed by atoms with E-state index in [0.29, 0.717) is 0 Å². The van der Waals surface area contributed by atoms with Crippen molar-refractivity contribution in [2.24, 2.45) is 11.8 Å². The van der Waals surface area contributed by atoms with Crippen LogP contribution in [0.15, 0.2) is 30.3 Å². The van der Waals surface area contributed by atoms with E-state index in [1.165, 1.54) is 64.6 Å². The van der Waals surface area contributed by atoms with Crippen LogP contribution in [0.25, 0.3) is 0 Å². The van der Waals surface area contributed by atoms with E-state index in [1.807, 2.05) is 0 Å². The first-order chi connectivity index (χ1) is 10.9. The van der Waals surface area contributed by atoms with Gasteiger partial charge < -0.3 is 10.2 Å². The van der Waals surface area contributed by atoms with Crippen LogP contribution in [0.5, 0.6) is 0 Å². The van der Waals surface area contributed by atoms with Crippen molar-refractivity contribution < 1.29 is 0 Å². The van der Waals surface area contributed by atoms with Crippen molar-refractivity contribution in [2.45, 2.75) is 50.5 Å². The minimum atomic E-state index is 0. The van der Waals surface area contributed by atoms with E-state index in [-0.39, 0.29) is 17.9 Å². The van der Waals surface area contributed by atoms with Crippen LogP contribution in [0.1, 0.15) is 50.5 Å². The molecule has 3 fully saturated rings. The molecule has 1 aliphatic heterocycles. The molecule has 0 spiro atoms. The predicted octanol–water partition coefficient (Wildman–Crippen LogP) is 4.20. The zero-order chi connectivity index (χ0) is 14.8. The van der Waals surface area contributed by atoms with Gasteiger partial charge in [-0.05, 0) is 62.6 Å². The number of benzene rings is 1. The number of likely N-dealkylation sites (tertiary alicyclic amines) is 1. The molecule has 0 unspecified atom stereocenters. The standard InChI is InChI=1S/C20H30N2.ClH/c1-3-7-18(8-4-1)20(16-17-9-10-19(20)15-17)21-11-14-22-12-5-2-6-13-22;/h1,3-4,7-8,17,19,21H,2,5-6,9-16H2;1H/t17-,19+,20+;/m0./s1. The lowest BCUT2D eigenvalue weighted by atomic mass is 9.75. The van der Waals surface area contributed by atoms with E-state index < -0.39 is 0 Å². The molecular formula is C20H31ClN2. The first kappa shape index (κ1) is 17.3. The van der Waals surface area contributed by atoms with Crippen molar-refractivity contribution in [1.82, 2.24) is 10.2 Å². The number of halogens is 1. The van der Waals surface area contributed by atoms with Crippen molar-refractivity contribution in [1.29, 1.82) is 0 Å². The lowest BCUT2D eigenvalue weighted by Gasteiger charge is -2.40. The molecular weight excluding hydrogens is 304 g/mol. The molecule has 2 nitrogen and oxygen atoms in total. The zero-order valence-corrected chi connectivity index (χ0v) is 15.0. The summed E-state index contributed by atoms with van der Waals surface area (Å²) in [4.78, 5) is 2.66. The second-order valence-electron chi connectivity index (χ2n) is 7.75. The Hall–Kier alpha value is -0.570. The Morgan fingerprint density at radius 1 is 1.04 bits per heavy atom. The number of rotatable bonds is 5. The third-order valence-electron chi connectivity index (χ3n) is 6.45. The highest BCUT2D eigenvalue weighted by Gasteiger charge is 2.51. The van der Waals surface area contributed by atoms with E-state index in [9.17, 15) is 0 Å². The van der Waals surface area contributed by atoms with Gasteiger partial charge in [0.25, 0.3) is 0 Å². The van der Waals surface area contributed by atoms with Gasteiger partial charge in [0, 0.05) is 18.6 Å². The molecule has 1 heterocycles. The fourth-order valence-corrected chi connectivity index (χ4v) is 5.36. The highest BCUT2D eigenvalue weighted by molar-refractivity contribution is 5.85. The normalized spacial score (nSPS) is 33.6. The highest BCUT2D eigenvalue weighted by atomic mass is 35.5. The maximum absolute atomic E-state index is 4.05. The number of hydrogen-bond acceptors (Lipinski definition) is 2. The third-order valence-corrected chi connectivity index (χ3v) is 6.45. The van der Waals surface area contributed by atoms with Gasteiger partial charge in [-0.2, -0.15) is 0 Å². The summed E-state index contributed by atoms with van der Waals surface area (Å²) in [5.41, 5.74) is 1.82. The average Bonchev–Trinajstić information content (AvgIpc) is 3.18. The summed E-state index contributed by atoms with van der Waals surface area (Å²) < 4.78 is 0. The lowest BCUT2D eigenvalue weighted by molar-refractivity contribution is 0.180. The van der Waals surface area contributed by atoms with Gasteiger partial charge in [-0.25, -0.2) is 0 Å². The first-order valence-electron chi connectivity index (χ1n) is 9.40. The molecule has 1 aromatic rings. The summed E-state index contributed by atoms with van der Waals surface area (Å²) in [5, 5.41) is 4.05. The third kappa shape index (κ3) is 3.45. The van der Waals surface area contributed by atoms with Crippen molar-refractivity contribution in [3.63, 3.8) is 0 Å². The van der Waals surface area contributed by atoms with Crippen molar-refractivity contribution in [3.05, 3.63) is 35.9 Å². The lowest BCUT2D eigenvalue weighted by Crippen LogP contribution is -2.49. The molecule has 1 saturated heterocycles. The van der Waals surface area contributed by atoms with Crippen LogP contribution in [0.3, 0.4) is 0 Å². The number of nitrogens with zero attached hydrogens (tertiary/aromatic N) is 1. The predicted molar refractivity (Wildman–Crippen MR) is 99.1 cm³/mol. The Kier molecular flexibility index (Phi) is 5.66. The van der Waals surface area contributed by atoms with Gasteiger partial charge in [-0.1, -0.05) is 43.2 Å². The van der Waals surface area contributed by atoms with Crippen LogP contribution in [-0.2, 0) is 5.54 Å². The van der Waals surface area contributed by atoms with E-state index in [4.69, 9.17) is 0 Å². The number of nitrogens with one attached hydrogen (secondary N) is 1. The molecule has 2 bridgehead atoms. The number of hydrogen-bond donors (Lipinski definition) is 1. The Labute approximate surface area is 147 Å². The van der Waals surface area contributed by atoms with E-state index in [0.717, 1.165) is 18.4 Å². The molecule has 3 heteroatoms. The number of piperidine rings is 1.